The normalized spacial score (nSPS) is 27.2. The first-order valence-electron chi connectivity index (χ1n) is 6.13. The fourth-order valence-electron chi connectivity index (χ4n) is 2.36. The first-order chi connectivity index (χ1) is 7.72. The molecule has 3 unspecified atom stereocenters. The molecule has 1 saturated heterocycles. The summed E-state index contributed by atoms with van der Waals surface area (Å²) >= 11 is 1.88. The van der Waals surface area contributed by atoms with Gasteiger partial charge >= 0.3 is 0 Å². The smallest absolute Gasteiger partial charge is 0.0804 e. The van der Waals surface area contributed by atoms with Crippen LogP contribution < -0.4 is 5.32 Å². The lowest BCUT2D eigenvalue weighted by atomic mass is 9.96. The van der Waals surface area contributed by atoms with Gasteiger partial charge in [-0.2, -0.15) is 0 Å². The van der Waals surface area contributed by atoms with E-state index < -0.39 is 0 Å². The number of thiophene rings is 1. The molecule has 3 heteroatoms. The topological polar surface area (TPSA) is 21.3 Å². The molecule has 1 aromatic heterocycles. The third-order valence-electron chi connectivity index (χ3n) is 3.26. The maximum absolute atomic E-state index is 5.89. The van der Waals surface area contributed by atoms with E-state index in [0.29, 0.717) is 18.1 Å². The fourth-order valence-corrected chi connectivity index (χ4v) is 3.35. The zero-order chi connectivity index (χ0) is 11.5. The summed E-state index contributed by atoms with van der Waals surface area (Å²) in [6.07, 6.45) is 1.54. The van der Waals surface area contributed by atoms with Crippen molar-refractivity contribution in [1.82, 2.24) is 5.32 Å². The first kappa shape index (κ1) is 12.1. The number of likely N-dealkylation sites (N-methyl/N-ethyl adjacent to an activating group) is 1. The molecular weight excluding hydrogens is 218 g/mol. The summed E-state index contributed by atoms with van der Waals surface area (Å²) in [5.74, 6) is 0.659. The van der Waals surface area contributed by atoms with E-state index in [0.717, 1.165) is 13.2 Å². The lowest BCUT2D eigenvalue weighted by Crippen LogP contribution is -2.34. The predicted octanol–water partition coefficient (Wildman–Crippen LogP) is 3.13. The van der Waals surface area contributed by atoms with Crippen LogP contribution in [0.3, 0.4) is 0 Å². The second-order valence-electron chi connectivity index (χ2n) is 4.59. The van der Waals surface area contributed by atoms with Crippen LogP contribution in [0.2, 0.25) is 0 Å². The third-order valence-corrected chi connectivity index (χ3v) is 4.35. The van der Waals surface area contributed by atoms with E-state index in [2.05, 4.69) is 38.2 Å². The Balaban J connectivity index is 2.16. The largest absolute Gasteiger partial charge is 0.376 e. The van der Waals surface area contributed by atoms with Gasteiger partial charge in [-0.25, -0.2) is 0 Å². The van der Waals surface area contributed by atoms with E-state index in [1.54, 1.807) is 0 Å². The summed E-state index contributed by atoms with van der Waals surface area (Å²) in [4.78, 5) is 2.79. The van der Waals surface area contributed by atoms with Crippen LogP contribution in [0.15, 0.2) is 12.1 Å². The van der Waals surface area contributed by atoms with Crippen molar-refractivity contribution in [3.8, 4) is 0 Å². The second kappa shape index (κ2) is 5.30. The zero-order valence-corrected chi connectivity index (χ0v) is 11.1. The Morgan fingerprint density at radius 2 is 2.38 bits per heavy atom. The number of hydrogen-bond donors (Lipinski definition) is 1. The highest BCUT2D eigenvalue weighted by Gasteiger charge is 2.33. The number of nitrogens with one attached hydrogen (secondary N) is 1. The molecule has 1 aliphatic rings. The zero-order valence-electron chi connectivity index (χ0n) is 10.3. The Labute approximate surface area is 102 Å². The highest BCUT2D eigenvalue weighted by molar-refractivity contribution is 7.12. The molecule has 2 nitrogen and oxygen atoms in total. The summed E-state index contributed by atoms with van der Waals surface area (Å²) in [5, 5.41) is 3.57. The molecule has 0 aliphatic carbocycles. The van der Waals surface area contributed by atoms with E-state index in [9.17, 15) is 0 Å². The summed E-state index contributed by atoms with van der Waals surface area (Å²) in [6, 6.07) is 4.81. The fraction of sp³-hybridized carbons (Fsp3) is 0.692. The van der Waals surface area contributed by atoms with Crippen molar-refractivity contribution in [2.75, 3.05) is 13.2 Å². The first-order valence-corrected chi connectivity index (χ1v) is 6.95. The van der Waals surface area contributed by atoms with Gasteiger partial charge in [0.25, 0.3) is 0 Å². The molecule has 2 heterocycles. The van der Waals surface area contributed by atoms with Gasteiger partial charge in [0, 0.05) is 16.4 Å². The molecule has 2 rings (SSSR count). The molecule has 1 aromatic rings. The van der Waals surface area contributed by atoms with Gasteiger partial charge in [0.1, 0.15) is 0 Å². The van der Waals surface area contributed by atoms with Crippen LogP contribution in [0.1, 0.15) is 36.1 Å². The Hall–Kier alpha value is -0.380. The predicted molar refractivity (Wildman–Crippen MR) is 69.0 cm³/mol. The van der Waals surface area contributed by atoms with Crippen molar-refractivity contribution in [1.29, 1.82) is 0 Å². The monoisotopic (exact) mass is 239 g/mol. The van der Waals surface area contributed by atoms with Gasteiger partial charge < -0.3 is 10.1 Å². The van der Waals surface area contributed by atoms with Crippen LogP contribution in [0.4, 0.5) is 0 Å². The van der Waals surface area contributed by atoms with E-state index in [1.165, 1.54) is 16.2 Å². The Bertz CT molecular complexity index is 336. The van der Waals surface area contributed by atoms with Crippen LogP contribution in [-0.2, 0) is 4.74 Å². The van der Waals surface area contributed by atoms with E-state index in [1.807, 2.05) is 11.3 Å². The quantitative estimate of drug-likeness (QED) is 0.871. The van der Waals surface area contributed by atoms with Crippen LogP contribution in [-0.4, -0.2) is 19.3 Å². The molecule has 0 amide bonds. The maximum Gasteiger partial charge on any atom is 0.0804 e. The van der Waals surface area contributed by atoms with Crippen LogP contribution >= 0.6 is 11.3 Å². The molecule has 1 fully saturated rings. The van der Waals surface area contributed by atoms with Gasteiger partial charge in [0.15, 0.2) is 0 Å². The molecule has 0 aromatic carbocycles. The van der Waals surface area contributed by atoms with Crippen molar-refractivity contribution in [3.63, 3.8) is 0 Å². The molecule has 0 radical (unpaired) electrons. The van der Waals surface area contributed by atoms with Gasteiger partial charge in [0.05, 0.1) is 12.1 Å². The van der Waals surface area contributed by atoms with Gasteiger partial charge in [-0.15, -0.1) is 11.3 Å². The standard InChI is InChI=1S/C13H21NOS/c1-4-14-12(11-6-5-10(3)16-11)13-9(2)7-8-15-13/h5-6,9,12-14H,4,7-8H2,1-3H3. The Morgan fingerprint density at radius 3 is 2.88 bits per heavy atom. The number of ether oxygens (including phenoxy) is 1. The summed E-state index contributed by atoms with van der Waals surface area (Å²) in [5.41, 5.74) is 0. The molecule has 0 spiro atoms. The highest BCUT2D eigenvalue weighted by atomic mass is 32.1. The van der Waals surface area contributed by atoms with Gasteiger partial charge in [-0.1, -0.05) is 13.8 Å². The Morgan fingerprint density at radius 1 is 1.56 bits per heavy atom. The minimum Gasteiger partial charge on any atom is -0.376 e. The third kappa shape index (κ3) is 2.47. The average molecular weight is 239 g/mol. The lowest BCUT2D eigenvalue weighted by molar-refractivity contribution is 0.0622. The minimum absolute atomic E-state index is 0.345. The van der Waals surface area contributed by atoms with Gasteiger partial charge in [0.2, 0.25) is 0 Å². The Kier molecular flexibility index (Phi) is 4.00. The summed E-state index contributed by atoms with van der Waals surface area (Å²) < 4.78 is 5.89. The van der Waals surface area contributed by atoms with E-state index >= 15 is 0 Å². The summed E-state index contributed by atoms with van der Waals surface area (Å²) in [6.45, 7) is 8.53. The lowest BCUT2D eigenvalue weighted by Gasteiger charge is -2.26. The minimum atomic E-state index is 0.345. The van der Waals surface area contributed by atoms with Crippen LogP contribution in [0.5, 0.6) is 0 Å². The number of hydrogen-bond acceptors (Lipinski definition) is 3. The molecule has 3 atom stereocenters. The van der Waals surface area contributed by atoms with Crippen LogP contribution in [0.25, 0.3) is 0 Å². The number of aryl methyl sites for hydroxylation is 1. The summed E-state index contributed by atoms with van der Waals surface area (Å²) in [7, 11) is 0. The van der Waals surface area contributed by atoms with Crippen molar-refractivity contribution in [2.24, 2.45) is 5.92 Å². The van der Waals surface area contributed by atoms with Gasteiger partial charge in [-0.05, 0) is 37.9 Å². The number of rotatable bonds is 4. The van der Waals surface area contributed by atoms with Crippen molar-refractivity contribution in [3.05, 3.63) is 21.9 Å². The van der Waals surface area contributed by atoms with Crippen molar-refractivity contribution in [2.45, 2.75) is 39.3 Å². The highest BCUT2D eigenvalue weighted by Crippen LogP contribution is 2.34. The molecule has 1 aliphatic heterocycles. The van der Waals surface area contributed by atoms with Crippen molar-refractivity contribution < 1.29 is 4.74 Å². The van der Waals surface area contributed by atoms with Gasteiger partial charge in [-0.3, -0.25) is 0 Å². The molecule has 0 saturated carbocycles. The second-order valence-corrected chi connectivity index (χ2v) is 5.90. The molecule has 0 bridgehead atoms. The molecule has 90 valence electrons. The SMILES string of the molecule is CCNC(c1ccc(C)s1)C1OCCC1C. The molecule has 1 N–H and O–H groups in total. The molecular formula is C13H21NOS. The van der Waals surface area contributed by atoms with E-state index in [4.69, 9.17) is 4.74 Å². The van der Waals surface area contributed by atoms with Crippen molar-refractivity contribution >= 4 is 11.3 Å². The van der Waals surface area contributed by atoms with Crippen LogP contribution in [0, 0.1) is 12.8 Å². The molecule has 16 heavy (non-hydrogen) atoms. The van der Waals surface area contributed by atoms with E-state index in [-0.39, 0.29) is 0 Å². The average Bonchev–Trinajstić information content (AvgIpc) is 2.84. The maximum atomic E-state index is 5.89.